The van der Waals surface area contributed by atoms with Crippen molar-refractivity contribution in [2.75, 3.05) is 28.4 Å². The van der Waals surface area contributed by atoms with Crippen molar-refractivity contribution in [2.24, 2.45) is 5.10 Å². The van der Waals surface area contributed by atoms with Crippen LogP contribution in [0.4, 0.5) is 0 Å². The molecule has 1 aromatic heterocycles. The minimum Gasteiger partial charge on any atom is -0.493 e. The van der Waals surface area contributed by atoms with E-state index >= 15 is 0 Å². The molecule has 30 heavy (non-hydrogen) atoms. The fourth-order valence-electron chi connectivity index (χ4n) is 3.14. The lowest BCUT2D eigenvalue weighted by Crippen LogP contribution is -2.26. The van der Waals surface area contributed by atoms with E-state index in [1.807, 2.05) is 30.3 Å². The van der Waals surface area contributed by atoms with Crippen LogP contribution in [0.25, 0.3) is 10.9 Å². The molecule has 2 aromatic carbocycles. The molecule has 1 N–H and O–H groups in total. The third kappa shape index (κ3) is 4.33. The summed E-state index contributed by atoms with van der Waals surface area (Å²) in [5.41, 5.74) is 4.68. The van der Waals surface area contributed by atoms with Gasteiger partial charge >= 0.3 is 0 Å². The van der Waals surface area contributed by atoms with Crippen LogP contribution in [0.5, 0.6) is 17.2 Å². The standard InChI is InChI=1S/C22H23N3O5/c1-27-18-11-14(12-19(28-2)21(18)30-4)13-24-25-22(26)20(29-3)16-7-5-9-17-15(16)8-6-10-23-17/h5-13,20H,1-4H3,(H,25,26)/b24-13-. The molecule has 0 fully saturated rings. The first-order chi connectivity index (χ1) is 14.6. The molecule has 0 saturated heterocycles. The van der Waals surface area contributed by atoms with Gasteiger partial charge in [-0.05, 0) is 29.8 Å². The topological polar surface area (TPSA) is 91.3 Å². The molecule has 0 aliphatic heterocycles. The van der Waals surface area contributed by atoms with Gasteiger partial charge in [-0.2, -0.15) is 5.10 Å². The second-order valence-electron chi connectivity index (χ2n) is 6.23. The van der Waals surface area contributed by atoms with E-state index in [1.54, 1.807) is 18.3 Å². The Morgan fingerprint density at radius 2 is 1.77 bits per heavy atom. The second kappa shape index (κ2) is 9.71. The highest BCUT2D eigenvalue weighted by Gasteiger charge is 2.22. The molecule has 8 heteroatoms. The SMILES string of the molecule is COc1cc(/C=N\NC(=O)C(OC)c2cccc3ncccc23)cc(OC)c1OC. The Morgan fingerprint density at radius 1 is 1.03 bits per heavy atom. The van der Waals surface area contributed by atoms with Gasteiger partial charge in [0, 0.05) is 24.3 Å². The Hall–Kier alpha value is -3.65. The molecular weight excluding hydrogens is 386 g/mol. The van der Waals surface area contributed by atoms with Crippen molar-refractivity contribution >= 4 is 23.0 Å². The number of methoxy groups -OCH3 is 4. The summed E-state index contributed by atoms with van der Waals surface area (Å²) in [6, 6.07) is 12.7. The first kappa shape index (κ1) is 21.1. The summed E-state index contributed by atoms with van der Waals surface area (Å²) in [5, 5.41) is 4.89. The molecule has 0 spiro atoms. The van der Waals surface area contributed by atoms with Crippen LogP contribution in [0.1, 0.15) is 17.2 Å². The van der Waals surface area contributed by atoms with Crippen LogP contribution in [0, 0.1) is 0 Å². The predicted octanol–water partition coefficient (Wildman–Crippen LogP) is 3.10. The Balaban J connectivity index is 1.81. The van der Waals surface area contributed by atoms with Crippen molar-refractivity contribution in [1.29, 1.82) is 0 Å². The van der Waals surface area contributed by atoms with E-state index in [1.165, 1.54) is 34.7 Å². The number of nitrogens with zero attached hydrogens (tertiary/aromatic N) is 2. The van der Waals surface area contributed by atoms with Gasteiger partial charge in [0.1, 0.15) is 0 Å². The average Bonchev–Trinajstić information content (AvgIpc) is 2.79. The van der Waals surface area contributed by atoms with Gasteiger partial charge in [0.25, 0.3) is 5.91 Å². The lowest BCUT2D eigenvalue weighted by molar-refractivity contribution is -0.131. The zero-order valence-electron chi connectivity index (χ0n) is 17.2. The Morgan fingerprint density at radius 3 is 2.40 bits per heavy atom. The number of benzene rings is 2. The summed E-state index contributed by atoms with van der Waals surface area (Å²) in [7, 11) is 6.06. The van der Waals surface area contributed by atoms with Crippen LogP contribution in [0.3, 0.4) is 0 Å². The number of ether oxygens (including phenoxy) is 4. The number of aromatic nitrogens is 1. The molecule has 3 aromatic rings. The van der Waals surface area contributed by atoms with Crippen LogP contribution < -0.4 is 19.6 Å². The zero-order valence-corrected chi connectivity index (χ0v) is 17.2. The van der Waals surface area contributed by atoms with Crippen LogP contribution in [0.2, 0.25) is 0 Å². The maximum absolute atomic E-state index is 12.7. The normalized spacial score (nSPS) is 12.0. The number of rotatable bonds is 8. The van der Waals surface area contributed by atoms with Gasteiger partial charge in [0.15, 0.2) is 17.6 Å². The summed E-state index contributed by atoms with van der Waals surface area (Å²) in [4.78, 5) is 17.0. The van der Waals surface area contributed by atoms with Crippen molar-refractivity contribution < 1.29 is 23.7 Å². The largest absolute Gasteiger partial charge is 0.493 e. The minimum absolute atomic E-state index is 0.405. The van der Waals surface area contributed by atoms with Gasteiger partial charge in [-0.25, -0.2) is 5.43 Å². The number of amides is 1. The third-order valence-corrected chi connectivity index (χ3v) is 4.51. The van der Waals surface area contributed by atoms with Gasteiger partial charge < -0.3 is 18.9 Å². The van der Waals surface area contributed by atoms with E-state index in [4.69, 9.17) is 18.9 Å². The number of hydrogen-bond donors (Lipinski definition) is 1. The number of carbonyl (C=O) groups is 1. The van der Waals surface area contributed by atoms with Crippen LogP contribution in [-0.4, -0.2) is 45.5 Å². The predicted molar refractivity (Wildman–Crippen MR) is 113 cm³/mol. The molecule has 8 nitrogen and oxygen atoms in total. The monoisotopic (exact) mass is 409 g/mol. The second-order valence-corrected chi connectivity index (χ2v) is 6.23. The molecular formula is C22H23N3O5. The van der Waals surface area contributed by atoms with Crippen molar-refractivity contribution in [2.45, 2.75) is 6.10 Å². The first-order valence-corrected chi connectivity index (χ1v) is 9.12. The molecule has 0 aliphatic carbocycles. The highest BCUT2D eigenvalue weighted by Crippen LogP contribution is 2.37. The fraction of sp³-hybridized carbons (Fsp3) is 0.227. The number of pyridine rings is 1. The zero-order chi connectivity index (χ0) is 21.5. The lowest BCUT2D eigenvalue weighted by atomic mass is 10.0. The van der Waals surface area contributed by atoms with Gasteiger partial charge in [0.05, 0.1) is 33.1 Å². The van der Waals surface area contributed by atoms with Crippen molar-refractivity contribution in [3.63, 3.8) is 0 Å². The maximum Gasteiger partial charge on any atom is 0.273 e. The number of carbonyl (C=O) groups excluding carboxylic acids is 1. The van der Waals surface area contributed by atoms with E-state index in [-0.39, 0.29) is 0 Å². The molecule has 1 amide bonds. The van der Waals surface area contributed by atoms with E-state index < -0.39 is 12.0 Å². The highest BCUT2D eigenvalue weighted by atomic mass is 16.5. The number of fused-ring (bicyclic) bond motifs is 1. The molecule has 0 radical (unpaired) electrons. The molecule has 1 unspecified atom stereocenters. The molecule has 0 saturated carbocycles. The van der Waals surface area contributed by atoms with Crippen molar-refractivity contribution in [3.05, 3.63) is 59.8 Å². The molecule has 156 valence electrons. The van der Waals surface area contributed by atoms with E-state index in [0.29, 0.717) is 28.4 Å². The smallest absolute Gasteiger partial charge is 0.273 e. The molecule has 0 bridgehead atoms. The third-order valence-electron chi connectivity index (χ3n) is 4.51. The molecule has 3 rings (SSSR count). The molecule has 1 heterocycles. The quantitative estimate of drug-likeness (QED) is 0.454. The van der Waals surface area contributed by atoms with Gasteiger partial charge in [-0.15, -0.1) is 0 Å². The Labute approximate surface area is 174 Å². The first-order valence-electron chi connectivity index (χ1n) is 9.12. The highest BCUT2D eigenvalue weighted by molar-refractivity contribution is 5.91. The van der Waals surface area contributed by atoms with Crippen LogP contribution in [0.15, 0.2) is 53.8 Å². The van der Waals surface area contributed by atoms with Gasteiger partial charge in [-0.1, -0.05) is 18.2 Å². The van der Waals surface area contributed by atoms with Crippen LogP contribution >= 0.6 is 0 Å². The molecule has 1 atom stereocenters. The number of nitrogens with one attached hydrogen (secondary N) is 1. The Bertz CT molecular complexity index is 1040. The van der Waals surface area contributed by atoms with Crippen LogP contribution in [-0.2, 0) is 9.53 Å². The Kier molecular flexibility index (Phi) is 6.82. The maximum atomic E-state index is 12.7. The van der Waals surface area contributed by atoms with E-state index in [9.17, 15) is 4.79 Å². The molecule has 0 aliphatic rings. The number of hydrogen-bond acceptors (Lipinski definition) is 7. The average molecular weight is 409 g/mol. The summed E-state index contributed by atoms with van der Waals surface area (Å²) >= 11 is 0. The summed E-state index contributed by atoms with van der Waals surface area (Å²) < 4.78 is 21.4. The van der Waals surface area contributed by atoms with Gasteiger partial charge in [0.2, 0.25) is 5.75 Å². The lowest BCUT2D eigenvalue weighted by Gasteiger charge is -2.16. The van der Waals surface area contributed by atoms with Gasteiger partial charge in [-0.3, -0.25) is 9.78 Å². The van der Waals surface area contributed by atoms with Crippen molar-refractivity contribution in [1.82, 2.24) is 10.4 Å². The minimum atomic E-state index is -0.838. The van der Waals surface area contributed by atoms with E-state index in [0.717, 1.165) is 10.9 Å². The summed E-state index contributed by atoms with van der Waals surface area (Å²) in [6.07, 6.45) is 2.35. The van der Waals surface area contributed by atoms with E-state index in [2.05, 4.69) is 15.5 Å². The van der Waals surface area contributed by atoms with Crippen molar-refractivity contribution in [3.8, 4) is 17.2 Å². The number of hydrazone groups is 1. The summed E-state index contributed by atoms with van der Waals surface area (Å²) in [5.74, 6) is 1.05. The fourth-order valence-corrected chi connectivity index (χ4v) is 3.14. The summed E-state index contributed by atoms with van der Waals surface area (Å²) in [6.45, 7) is 0.